The first kappa shape index (κ1) is 19.9. The van der Waals surface area contributed by atoms with E-state index in [0.717, 1.165) is 19.5 Å². The summed E-state index contributed by atoms with van der Waals surface area (Å²) < 4.78 is 15.7. The van der Waals surface area contributed by atoms with E-state index in [4.69, 9.17) is 5.26 Å². The fourth-order valence-corrected chi connectivity index (χ4v) is 2.04. The summed E-state index contributed by atoms with van der Waals surface area (Å²) in [5.74, 6) is 0.208. The molecule has 0 saturated heterocycles. The summed E-state index contributed by atoms with van der Waals surface area (Å²) in [4.78, 5) is 4.10. The number of aromatic nitrogens is 2. The van der Waals surface area contributed by atoms with Crippen LogP contribution in [0.5, 0.6) is 0 Å². The molecule has 1 heterocycles. The molecule has 2 rings (SSSR count). The number of hydrogen-bond donors (Lipinski definition) is 2. The van der Waals surface area contributed by atoms with Gasteiger partial charge < -0.3 is 10.6 Å². The number of guanidine groups is 1. The van der Waals surface area contributed by atoms with Crippen LogP contribution in [-0.4, -0.2) is 29.3 Å². The highest BCUT2D eigenvalue weighted by Gasteiger charge is 2.05. The van der Waals surface area contributed by atoms with E-state index in [-0.39, 0.29) is 24.0 Å². The smallest absolute Gasteiger partial charge is 0.191 e. The number of nitriles is 1. The lowest BCUT2D eigenvalue weighted by Crippen LogP contribution is -2.37. The second kappa shape index (κ2) is 10.6. The summed E-state index contributed by atoms with van der Waals surface area (Å²) in [6, 6.07) is 8.24. The molecular formula is C16H20FIN6. The topological polar surface area (TPSA) is 78.0 Å². The SMILES string of the molecule is CN=C(NCCCn1cccn1)NCc1ccc(C#N)cc1F.I. The van der Waals surface area contributed by atoms with Gasteiger partial charge in [-0.2, -0.15) is 10.4 Å². The summed E-state index contributed by atoms with van der Waals surface area (Å²) in [5, 5.41) is 19.1. The van der Waals surface area contributed by atoms with Crippen molar-refractivity contribution in [2.75, 3.05) is 13.6 Å². The van der Waals surface area contributed by atoms with Crippen LogP contribution < -0.4 is 10.6 Å². The van der Waals surface area contributed by atoms with Gasteiger partial charge in [-0.25, -0.2) is 4.39 Å². The van der Waals surface area contributed by atoms with Crippen LogP contribution >= 0.6 is 24.0 Å². The van der Waals surface area contributed by atoms with E-state index in [0.29, 0.717) is 23.6 Å². The van der Waals surface area contributed by atoms with Crippen molar-refractivity contribution in [3.8, 4) is 6.07 Å². The summed E-state index contributed by atoms with van der Waals surface area (Å²) in [6.07, 6.45) is 4.56. The number of benzene rings is 1. The van der Waals surface area contributed by atoms with Crippen LogP contribution in [0.15, 0.2) is 41.7 Å². The minimum atomic E-state index is -0.398. The van der Waals surface area contributed by atoms with Crippen LogP contribution in [0.3, 0.4) is 0 Å². The van der Waals surface area contributed by atoms with E-state index in [1.54, 1.807) is 25.4 Å². The molecule has 8 heteroatoms. The predicted molar refractivity (Wildman–Crippen MR) is 102 cm³/mol. The zero-order chi connectivity index (χ0) is 16.5. The lowest BCUT2D eigenvalue weighted by atomic mass is 10.1. The van der Waals surface area contributed by atoms with Gasteiger partial charge in [-0.15, -0.1) is 24.0 Å². The van der Waals surface area contributed by atoms with Crippen LogP contribution in [-0.2, 0) is 13.1 Å². The molecule has 0 aliphatic rings. The monoisotopic (exact) mass is 442 g/mol. The third kappa shape index (κ3) is 6.16. The van der Waals surface area contributed by atoms with Gasteiger partial charge in [0.15, 0.2) is 5.96 Å². The van der Waals surface area contributed by atoms with E-state index >= 15 is 0 Å². The molecule has 0 aliphatic carbocycles. The van der Waals surface area contributed by atoms with E-state index in [1.807, 2.05) is 23.0 Å². The highest BCUT2D eigenvalue weighted by atomic mass is 127. The number of hydrogen-bond acceptors (Lipinski definition) is 3. The Kier molecular flexibility index (Phi) is 8.78. The standard InChI is InChI=1S/C16H19FN6.HI/c1-19-16(20-6-2-8-23-9-3-7-22-23)21-12-14-5-4-13(11-18)10-15(14)17;/h3-5,7,9-10H,2,6,8,12H2,1H3,(H2,19,20,21);1H. The van der Waals surface area contributed by atoms with Crippen molar-refractivity contribution < 1.29 is 4.39 Å². The van der Waals surface area contributed by atoms with Crippen molar-refractivity contribution in [1.29, 1.82) is 5.26 Å². The quantitative estimate of drug-likeness (QED) is 0.312. The van der Waals surface area contributed by atoms with Crippen molar-refractivity contribution in [2.24, 2.45) is 4.99 Å². The molecule has 24 heavy (non-hydrogen) atoms. The molecule has 128 valence electrons. The predicted octanol–water partition coefficient (Wildman–Crippen LogP) is 2.27. The first-order valence-corrected chi connectivity index (χ1v) is 7.33. The second-order valence-corrected chi connectivity index (χ2v) is 4.89. The summed E-state index contributed by atoms with van der Waals surface area (Å²) in [5.41, 5.74) is 0.802. The van der Waals surface area contributed by atoms with Gasteiger partial charge in [0.25, 0.3) is 0 Å². The molecule has 2 aromatic rings. The molecule has 0 saturated carbocycles. The Bertz CT molecular complexity index is 693. The van der Waals surface area contributed by atoms with Crippen LogP contribution in [0, 0.1) is 17.1 Å². The van der Waals surface area contributed by atoms with Gasteiger partial charge in [0.2, 0.25) is 0 Å². The zero-order valence-electron chi connectivity index (χ0n) is 13.4. The number of aliphatic imine (C=N–C) groups is 1. The Morgan fingerprint density at radius 1 is 1.42 bits per heavy atom. The molecule has 0 bridgehead atoms. The number of halogens is 2. The van der Waals surface area contributed by atoms with E-state index in [9.17, 15) is 4.39 Å². The molecule has 1 aromatic carbocycles. The van der Waals surface area contributed by atoms with Crippen molar-refractivity contribution >= 4 is 29.9 Å². The zero-order valence-corrected chi connectivity index (χ0v) is 15.7. The number of rotatable bonds is 6. The molecule has 6 nitrogen and oxygen atoms in total. The van der Waals surface area contributed by atoms with Crippen LogP contribution in [0.25, 0.3) is 0 Å². The Balaban J connectivity index is 0.00000288. The minimum Gasteiger partial charge on any atom is -0.356 e. The molecule has 0 atom stereocenters. The maximum absolute atomic E-state index is 13.8. The van der Waals surface area contributed by atoms with E-state index in [2.05, 4.69) is 20.7 Å². The average Bonchev–Trinajstić information content (AvgIpc) is 3.08. The highest BCUT2D eigenvalue weighted by molar-refractivity contribution is 14.0. The van der Waals surface area contributed by atoms with Gasteiger partial charge >= 0.3 is 0 Å². The number of nitrogens with one attached hydrogen (secondary N) is 2. The van der Waals surface area contributed by atoms with Crippen molar-refractivity contribution in [1.82, 2.24) is 20.4 Å². The van der Waals surface area contributed by atoms with Gasteiger partial charge in [0.05, 0.1) is 11.6 Å². The molecule has 1 aromatic heterocycles. The molecule has 0 radical (unpaired) electrons. The lowest BCUT2D eigenvalue weighted by Gasteiger charge is -2.12. The van der Waals surface area contributed by atoms with Gasteiger partial charge in [-0.1, -0.05) is 6.07 Å². The molecular weight excluding hydrogens is 422 g/mol. The number of nitrogens with zero attached hydrogens (tertiary/aromatic N) is 4. The summed E-state index contributed by atoms with van der Waals surface area (Å²) >= 11 is 0. The molecule has 0 unspecified atom stereocenters. The first-order chi connectivity index (χ1) is 11.2. The summed E-state index contributed by atoms with van der Waals surface area (Å²) in [7, 11) is 1.66. The minimum absolute atomic E-state index is 0. The first-order valence-electron chi connectivity index (χ1n) is 7.33. The second-order valence-electron chi connectivity index (χ2n) is 4.89. The summed E-state index contributed by atoms with van der Waals surface area (Å²) in [6.45, 7) is 1.85. The van der Waals surface area contributed by atoms with Crippen LogP contribution in [0.1, 0.15) is 17.5 Å². The average molecular weight is 442 g/mol. The largest absolute Gasteiger partial charge is 0.356 e. The normalized spacial score (nSPS) is 10.6. The highest BCUT2D eigenvalue weighted by Crippen LogP contribution is 2.09. The van der Waals surface area contributed by atoms with Crippen molar-refractivity contribution in [3.63, 3.8) is 0 Å². The van der Waals surface area contributed by atoms with Gasteiger partial charge in [0.1, 0.15) is 5.82 Å². The third-order valence-corrected chi connectivity index (χ3v) is 3.27. The van der Waals surface area contributed by atoms with Crippen molar-refractivity contribution in [2.45, 2.75) is 19.5 Å². The van der Waals surface area contributed by atoms with Crippen LogP contribution in [0.2, 0.25) is 0 Å². The van der Waals surface area contributed by atoms with Gasteiger partial charge in [-0.05, 0) is 24.6 Å². The Labute approximate surface area is 157 Å². The molecule has 2 N–H and O–H groups in total. The van der Waals surface area contributed by atoms with Crippen molar-refractivity contribution in [3.05, 3.63) is 53.6 Å². The number of aryl methyl sites for hydroxylation is 1. The lowest BCUT2D eigenvalue weighted by molar-refractivity contribution is 0.569. The Morgan fingerprint density at radius 3 is 2.88 bits per heavy atom. The van der Waals surface area contributed by atoms with Crippen LogP contribution in [0.4, 0.5) is 4.39 Å². The molecule has 0 fully saturated rings. The van der Waals surface area contributed by atoms with E-state index < -0.39 is 5.82 Å². The Hall–Kier alpha value is -2.15. The Morgan fingerprint density at radius 2 is 2.25 bits per heavy atom. The molecule has 0 aliphatic heterocycles. The van der Waals surface area contributed by atoms with Gasteiger partial charge in [-0.3, -0.25) is 9.67 Å². The maximum atomic E-state index is 13.8. The van der Waals surface area contributed by atoms with E-state index in [1.165, 1.54) is 6.07 Å². The maximum Gasteiger partial charge on any atom is 0.191 e. The molecule has 0 amide bonds. The fourth-order valence-electron chi connectivity index (χ4n) is 2.04. The fraction of sp³-hybridized carbons (Fsp3) is 0.312. The molecule has 0 spiro atoms. The van der Waals surface area contributed by atoms with Gasteiger partial charge in [0, 0.05) is 44.6 Å². The third-order valence-electron chi connectivity index (χ3n) is 3.27.